The first kappa shape index (κ1) is 20.9. The summed E-state index contributed by atoms with van der Waals surface area (Å²) >= 11 is 7.48. The van der Waals surface area contributed by atoms with Crippen LogP contribution in [0.15, 0.2) is 53.6 Å². The van der Waals surface area contributed by atoms with Gasteiger partial charge < -0.3 is 14.6 Å². The van der Waals surface area contributed by atoms with Gasteiger partial charge in [-0.25, -0.2) is 9.78 Å². The van der Waals surface area contributed by atoms with E-state index in [2.05, 4.69) is 4.98 Å². The highest BCUT2D eigenvalue weighted by atomic mass is 35.5. The lowest BCUT2D eigenvalue weighted by Crippen LogP contribution is -2.04. The van der Waals surface area contributed by atoms with E-state index in [9.17, 15) is 9.90 Å². The molecule has 3 aromatic rings. The summed E-state index contributed by atoms with van der Waals surface area (Å²) in [6.45, 7) is 4.28. The average Bonchev–Trinajstić information content (AvgIpc) is 3.17. The number of nitrogens with zero attached hydrogens (tertiary/aromatic N) is 1. The summed E-state index contributed by atoms with van der Waals surface area (Å²) < 4.78 is 11.0. The molecular formula is C22H20ClNO4S. The largest absolute Gasteiger partial charge is 0.487 e. The zero-order valence-electron chi connectivity index (χ0n) is 16.0. The van der Waals surface area contributed by atoms with Crippen molar-refractivity contribution in [3.8, 4) is 16.3 Å². The number of aliphatic carboxylic acids is 1. The van der Waals surface area contributed by atoms with Gasteiger partial charge in [0.2, 0.25) is 5.76 Å². The monoisotopic (exact) mass is 429 g/mol. The molecule has 0 fully saturated rings. The molecule has 29 heavy (non-hydrogen) atoms. The second-order valence-corrected chi connectivity index (χ2v) is 7.50. The van der Waals surface area contributed by atoms with E-state index < -0.39 is 5.97 Å². The van der Waals surface area contributed by atoms with E-state index in [-0.39, 0.29) is 5.76 Å². The fourth-order valence-corrected chi connectivity index (χ4v) is 3.55. The minimum absolute atomic E-state index is 0.0820. The van der Waals surface area contributed by atoms with Crippen LogP contribution in [0.4, 0.5) is 0 Å². The van der Waals surface area contributed by atoms with Crippen LogP contribution in [0.5, 0.6) is 5.75 Å². The van der Waals surface area contributed by atoms with Gasteiger partial charge in [0.25, 0.3) is 0 Å². The topological polar surface area (TPSA) is 68.7 Å². The number of ether oxygens (including phenoxy) is 2. The fraction of sp³-hybridized carbons (Fsp3) is 0.182. The van der Waals surface area contributed by atoms with Crippen LogP contribution in [0.2, 0.25) is 5.02 Å². The average molecular weight is 430 g/mol. The van der Waals surface area contributed by atoms with Crippen molar-refractivity contribution in [1.82, 2.24) is 4.98 Å². The maximum Gasteiger partial charge on any atom is 0.371 e. The third-order valence-electron chi connectivity index (χ3n) is 4.07. The normalized spacial score (nSPS) is 11.3. The highest BCUT2D eigenvalue weighted by molar-refractivity contribution is 7.13. The fourth-order valence-electron chi connectivity index (χ4n) is 2.62. The van der Waals surface area contributed by atoms with E-state index in [0.717, 1.165) is 27.4 Å². The number of halogens is 1. The molecule has 3 rings (SSSR count). The molecule has 0 aliphatic carbocycles. The van der Waals surface area contributed by atoms with Crippen molar-refractivity contribution < 1.29 is 19.4 Å². The molecule has 0 aliphatic heterocycles. The van der Waals surface area contributed by atoms with Gasteiger partial charge in [-0.3, -0.25) is 0 Å². The van der Waals surface area contributed by atoms with Crippen molar-refractivity contribution in [3.63, 3.8) is 0 Å². The Balaban J connectivity index is 1.67. The Bertz CT molecular complexity index is 1030. The van der Waals surface area contributed by atoms with Crippen molar-refractivity contribution >= 4 is 35.0 Å². The van der Waals surface area contributed by atoms with Gasteiger partial charge in [-0.1, -0.05) is 29.8 Å². The van der Waals surface area contributed by atoms with Crippen molar-refractivity contribution in [2.45, 2.75) is 20.5 Å². The lowest BCUT2D eigenvalue weighted by atomic mass is 10.1. The lowest BCUT2D eigenvalue weighted by Gasteiger charge is -2.09. The Hall–Kier alpha value is -2.83. The molecule has 1 aromatic heterocycles. The van der Waals surface area contributed by atoms with Crippen LogP contribution < -0.4 is 4.74 Å². The number of carboxylic acids is 1. The number of carboxylic acid groups (broad SMARTS) is 1. The third kappa shape index (κ3) is 5.59. The zero-order valence-corrected chi connectivity index (χ0v) is 17.6. The highest BCUT2D eigenvalue weighted by Gasteiger charge is 2.10. The number of thiazole rings is 1. The Labute approximate surface area is 178 Å². The number of aromatic nitrogens is 1. The first-order valence-electron chi connectivity index (χ1n) is 8.98. The van der Waals surface area contributed by atoms with Crippen molar-refractivity contribution in [2.75, 3.05) is 6.61 Å². The van der Waals surface area contributed by atoms with Gasteiger partial charge in [-0.15, -0.1) is 11.3 Å². The molecule has 0 amide bonds. The summed E-state index contributed by atoms with van der Waals surface area (Å²) in [4.78, 5) is 15.8. The molecule has 0 atom stereocenters. The molecule has 0 aliphatic rings. The van der Waals surface area contributed by atoms with Gasteiger partial charge >= 0.3 is 5.97 Å². The van der Waals surface area contributed by atoms with E-state index in [1.54, 1.807) is 24.3 Å². The van der Waals surface area contributed by atoms with Crippen molar-refractivity contribution in [2.24, 2.45) is 0 Å². The second-order valence-electron chi connectivity index (χ2n) is 6.20. The number of rotatable bonds is 8. The number of hydrogen-bond donors (Lipinski definition) is 1. The minimum Gasteiger partial charge on any atom is -0.487 e. The van der Waals surface area contributed by atoms with Gasteiger partial charge in [0.15, 0.2) is 0 Å². The number of hydrogen-bond acceptors (Lipinski definition) is 5. The summed E-state index contributed by atoms with van der Waals surface area (Å²) in [5, 5.41) is 12.8. The molecule has 0 saturated carbocycles. The SMILES string of the molecule is CCOC(=Cc1ccc(OCc2csc(-c3ccc(Cl)cc3)n2)cc1C)C(=O)O. The number of carbonyl (C=O) groups is 1. The number of benzene rings is 2. The molecule has 1 heterocycles. The number of aryl methyl sites for hydroxylation is 1. The summed E-state index contributed by atoms with van der Waals surface area (Å²) in [6.07, 6.45) is 1.52. The third-order valence-corrected chi connectivity index (χ3v) is 5.26. The van der Waals surface area contributed by atoms with Crippen LogP contribution in [0, 0.1) is 6.92 Å². The zero-order chi connectivity index (χ0) is 20.8. The second kappa shape index (κ2) is 9.58. The summed E-state index contributed by atoms with van der Waals surface area (Å²) in [6, 6.07) is 13.0. The standard InChI is InChI=1S/C22H20ClNO4S/c1-3-27-20(22(25)26)11-16-6-9-19(10-14(16)2)28-12-18-13-29-21(24-18)15-4-7-17(23)8-5-15/h4-11,13H,3,12H2,1-2H3,(H,25,26). The molecule has 7 heteroatoms. The van der Waals surface area contributed by atoms with Crippen LogP contribution in [0.25, 0.3) is 16.6 Å². The molecule has 0 bridgehead atoms. The molecule has 2 aromatic carbocycles. The Morgan fingerprint density at radius 1 is 1.24 bits per heavy atom. The van der Waals surface area contributed by atoms with E-state index >= 15 is 0 Å². The summed E-state index contributed by atoms with van der Waals surface area (Å²) in [5.74, 6) is -0.484. The van der Waals surface area contributed by atoms with Gasteiger partial charge in [0.1, 0.15) is 17.4 Å². The van der Waals surface area contributed by atoms with Gasteiger partial charge in [-0.2, -0.15) is 0 Å². The van der Waals surface area contributed by atoms with Crippen molar-refractivity contribution in [3.05, 3.63) is 75.4 Å². The molecule has 0 spiro atoms. The predicted molar refractivity (Wildman–Crippen MR) is 115 cm³/mol. The van der Waals surface area contributed by atoms with Gasteiger partial charge in [-0.05, 0) is 55.3 Å². The maximum atomic E-state index is 11.2. The molecule has 5 nitrogen and oxygen atoms in total. The lowest BCUT2D eigenvalue weighted by molar-refractivity contribution is -0.136. The maximum absolute atomic E-state index is 11.2. The van der Waals surface area contributed by atoms with Gasteiger partial charge in [0.05, 0.1) is 12.3 Å². The highest BCUT2D eigenvalue weighted by Crippen LogP contribution is 2.26. The Kier molecular flexibility index (Phi) is 6.90. The Morgan fingerprint density at radius 2 is 2.00 bits per heavy atom. The predicted octanol–water partition coefficient (Wildman–Crippen LogP) is 5.81. The molecule has 0 radical (unpaired) electrons. The molecule has 0 unspecified atom stereocenters. The van der Waals surface area contributed by atoms with E-state index in [1.807, 2.05) is 48.7 Å². The quantitative estimate of drug-likeness (QED) is 0.361. The Morgan fingerprint density at radius 3 is 2.66 bits per heavy atom. The van der Waals surface area contributed by atoms with Crippen LogP contribution >= 0.6 is 22.9 Å². The van der Waals surface area contributed by atoms with Crippen LogP contribution in [0.1, 0.15) is 23.7 Å². The van der Waals surface area contributed by atoms with Crippen LogP contribution in [-0.4, -0.2) is 22.7 Å². The van der Waals surface area contributed by atoms with E-state index in [4.69, 9.17) is 21.1 Å². The van der Waals surface area contributed by atoms with E-state index in [0.29, 0.717) is 24.0 Å². The smallest absolute Gasteiger partial charge is 0.371 e. The molecule has 0 saturated heterocycles. The van der Waals surface area contributed by atoms with Gasteiger partial charge in [0, 0.05) is 16.0 Å². The minimum atomic E-state index is -1.09. The van der Waals surface area contributed by atoms with E-state index in [1.165, 1.54) is 6.08 Å². The summed E-state index contributed by atoms with van der Waals surface area (Å²) in [5.41, 5.74) is 3.51. The van der Waals surface area contributed by atoms with Crippen molar-refractivity contribution in [1.29, 1.82) is 0 Å². The first-order valence-corrected chi connectivity index (χ1v) is 10.2. The van der Waals surface area contributed by atoms with Crippen LogP contribution in [0.3, 0.4) is 0 Å². The summed E-state index contributed by atoms with van der Waals surface area (Å²) in [7, 11) is 0. The molecule has 150 valence electrons. The molecule has 1 N–H and O–H groups in total. The van der Waals surface area contributed by atoms with Crippen LogP contribution in [-0.2, 0) is 16.1 Å². The first-order chi connectivity index (χ1) is 14.0. The molecular weight excluding hydrogens is 410 g/mol.